The van der Waals surface area contributed by atoms with Crippen molar-refractivity contribution in [2.45, 2.75) is 18.7 Å². The van der Waals surface area contributed by atoms with Gasteiger partial charge < -0.3 is 14.2 Å². The van der Waals surface area contributed by atoms with Gasteiger partial charge in [-0.2, -0.15) is 5.10 Å². The molecular weight excluding hydrogens is 400 g/mol. The molecule has 0 bridgehead atoms. The summed E-state index contributed by atoms with van der Waals surface area (Å²) < 4.78 is 17.3. The maximum atomic E-state index is 6.45. The van der Waals surface area contributed by atoms with Gasteiger partial charge in [0.05, 0.1) is 26.0 Å². The Hall–Kier alpha value is -3.18. The maximum absolute atomic E-state index is 6.45. The molecule has 0 aliphatic carbocycles. The standard InChI is InChI=1S/C24H21ClN2O3/c1-28-18-12-8-15(9-13-18)20-14-21-19-4-3-5-22(29-2)23(19)30-24(27(21)26-20)16-6-10-17(25)11-7-16/h3-13,21,24H,14H2,1-2H3/t21-,24+/m1/s1. The van der Waals surface area contributed by atoms with Crippen LogP contribution in [-0.2, 0) is 0 Å². The molecule has 3 aromatic carbocycles. The molecule has 0 spiro atoms. The molecule has 0 saturated carbocycles. The van der Waals surface area contributed by atoms with Gasteiger partial charge in [-0.3, -0.25) is 0 Å². The van der Waals surface area contributed by atoms with Crippen molar-refractivity contribution in [3.8, 4) is 17.2 Å². The fraction of sp³-hybridized carbons (Fsp3) is 0.208. The SMILES string of the molecule is COc1ccc(C2=NN3[C@H](C2)c2cccc(OC)c2O[C@H]3c2ccc(Cl)cc2)cc1. The summed E-state index contributed by atoms with van der Waals surface area (Å²) in [6, 6.07) is 21.8. The van der Waals surface area contributed by atoms with Gasteiger partial charge in [0.1, 0.15) is 5.75 Å². The van der Waals surface area contributed by atoms with E-state index in [-0.39, 0.29) is 12.3 Å². The molecule has 2 atom stereocenters. The molecule has 0 fully saturated rings. The molecule has 2 heterocycles. The Morgan fingerprint density at radius 1 is 0.967 bits per heavy atom. The molecule has 30 heavy (non-hydrogen) atoms. The van der Waals surface area contributed by atoms with Gasteiger partial charge in [-0.25, -0.2) is 5.01 Å². The van der Waals surface area contributed by atoms with Gasteiger partial charge in [-0.05, 0) is 48.0 Å². The average Bonchev–Trinajstić information content (AvgIpc) is 3.24. The molecule has 2 aliphatic heterocycles. The molecule has 0 N–H and O–H groups in total. The van der Waals surface area contributed by atoms with Gasteiger partial charge >= 0.3 is 0 Å². The number of hydrogen-bond acceptors (Lipinski definition) is 5. The Bertz CT molecular complexity index is 1100. The second-order valence-electron chi connectivity index (χ2n) is 7.28. The topological polar surface area (TPSA) is 43.3 Å². The summed E-state index contributed by atoms with van der Waals surface area (Å²) in [5.41, 5.74) is 4.15. The number of fused-ring (bicyclic) bond motifs is 3. The van der Waals surface area contributed by atoms with E-state index >= 15 is 0 Å². The summed E-state index contributed by atoms with van der Waals surface area (Å²) in [4.78, 5) is 0. The number of hydrazone groups is 1. The van der Waals surface area contributed by atoms with Gasteiger partial charge in [0.15, 0.2) is 11.5 Å². The Kier molecular flexibility index (Phi) is 4.75. The van der Waals surface area contributed by atoms with Crippen LogP contribution >= 0.6 is 11.6 Å². The van der Waals surface area contributed by atoms with E-state index in [1.54, 1.807) is 14.2 Å². The van der Waals surface area contributed by atoms with E-state index in [0.717, 1.165) is 46.1 Å². The van der Waals surface area contributed by atoms with Crippen LogP contribution in [0.1, 0.15) is 35.4 Å². The highest BCUT2D eigenvalue weighted by atomic mass is 35.5. The van der Waals surface area contributed by atoms with E-state index < -0.39 is 0 Å². The van der Waals surface area contributed by atoms with Crippen LogP contribution < -0.4 is 14.2 Å². The number of halogens is 1. The minimum absolute atomic E-state index is 0.0571. The zero-order valence-corrected chi connectivity index (χ0v) is 17.5. The molecule has 0 aromatic heterocycles. The quantitative estimate of drug-likeness (QED) is 0.551. The lowest BCUT2D eigenvalue weighted by atomic mass is 9.95. The molecular formula is C24H21ClN2O3. The van der Waals surface area contributed by atoms with Crippen molar-refractivity contribution in [2.75, 3.05) is 14.2 Å². The predicted octanol–water partition coefficient (Wildman–Crippen LogP) is 5.60. The summed E-state index contributed by atoms with van der Waals surface area (Å²) in [6.07, 6.45) is 0.409. The molecule has 5 rings (SSSR count). The lowest BCUT2D eigenvalue weighted by Gasteiger charge is -2.38. The first-order valence-corrected chi connectivity index (χ1v) is 10.1. The van der Waals surface area contributed by atoms with Crippen LogP contribution in [0.5, 0.6) is 17.2 Å². The summed E-state index contributed by atoms with van der Waals surface area (Å²) in [5.74, 6) is 2.32. The number of rotatable bonds is 4. The molecule has 0 radical (unpaired) electrons. The van der Waals surface area contributed by atoms with Crippen molar-refractivity contribution >= 4 is 17.3 Å². The fourth-order valence-corrected chi connectivity index (χ4v) is 4.18. The second-order valence-corrected chi connectivity index (χ2v) is 7.71. The highest BCUT2D eigenvalue weighted by Gasteiger charge is 2.42. The lowest BCUT2D eigenvalue weighted by molar-refractivity contribution is -0.0208. The summed E-state index contributed by atoms with van der Waals surface area (Å²) in [6.45, 7) is 0. The molecule has 0 saturated heterocycles. The molecule has 5 nitrogen and oxygen atoms in total. The maximum Gasteiger partial charge on any atom is 0.214 e. The predicted molar refractivity (Wildman–Crippen MR) is 117 cm³/mol. The number of methoxy groups -OCH3 is 2. The van der Waals surface area contributed by atoms with Gasteiger partial charge in [-0.1, -0.05) is 35.9 Å². The van der Waals surface area contributed by atoms with E-state index in [0.29, 0.717) is 5.02 Å². The van der Waals surface area contributed by atoms with Crippen molar-refractivity contribution < 1.29 is 14.2 Å². The summed E-state index contributed by atoms with van der Waals surface area (Å²) in [5, 5.41) is 7.71. The van der Waals surface area contributed by atoms with Crippen LogP contribution in [0.4, 0.5) is 0 Å². The largest absolute Gasteiger partial charge is 0.497 e. The number of benzene rings is 3. The highest BCUT2D eigenvalue weighted by molar-refractivity contribution is 6.30. The van der Waals surface area contributed by atoms with Crippen molar-refractivity contribution in [2.24, 2.45) is 5.10 Å². The number of ether oxygens (including phenoxy) is 3. The van der Waals surface area contributed by atoms with E-state index in [1.165, 1.54) is 0 Å². The number of hydrogen-bond donors (Lipinski definition) is 0. The minimum Gasteiger partial charge on any atom is -0.497 e. The summed E-state index contributed by atoms with van der Waals surface area (Å²) in [7, 11) is 3.33. The van der Waals surface area contributed by atoms with Crippen LogP contribution in [0.3, 0.4) is 0 Å². The zero-order valence-electron chi connectivity index (χ0n) is 16.7. The Balaban J connectivity index is 1.59. The molecule has 0 unspecified atom stereocenters. The second kappa shape index (κ2) is 7.58. The molecule has 0 amide bonds. The van der Waals surface area contributed by atoms with Gasteiger partial charge in [-0.15, -0.1) is 0 Å². The van der Waals surface area contributed by atoms with Gasteiger partial charge in [0.25, 0.3) is 0 Å². The monoisotopic (exact) mass is 420 g/mol. The van der Waals surface area contributed by atoms with Gasteiger partial charge in [0.2, 0.25) is 6.23 Å². The third kappa shape index (κ3) is 3.15. The van der Waals surface area contributed by atoms with Crippen LogP contribution in [0.25, 0.3) is 0 Å². The molecule has 152 valence electrons. The van der Waals surface area contributed by atoms with Crippen molar-refractivity contribution in [1.82, 2.24) is 5.01 Å². The van der Waals surface area contributed by atoms with Gasteiger partial charge in [0, 0.05) is 22.6 Å². The van der Waals surface area contributed by atoms with Crippen molar-refractivity contribution in [3.63, 3.8) is 0 Å². The van der Waals surface area contributed by atoms with Crippen LogP contribution in [0.2, 0.25) is 5.02 Å². The minimum atomic E-state index is -0.369. The first-order valence-electron chi connectivity index (χ1n) is 9.77. The van der Waals surface area contributed by atoms with Crippen LogP contribution in [-0.4, -0.2) is 24.9 Å². The van der Waals surface area contributed by atoms with E-state index in [4.69, 9.17) is 30.9 Å². The molecule has 2 aliphatic rings. The first kappa shape index (κ1) is 18.8. The van der Waals surface area contributed by atoms with E-state index in [1.807, 2.05) is 65.7 Å². The number of nitrogens with zero attached hydrogens (tertiary/aromatic N) is 2. The zero-order chi connectivity index (χ0) is 20.7. The smallest absolute Gasteiger partial charge is 0.214 e. The average molecular weight is 421 g/mol. The number of para-hydroxylation sites is 1. The van der Waals surface area contributed by atoms with E-state index in [9.17, 15) is 0 Å². The molecule has 3 aromatic rings. The summed E-state index contributed by atoms with van der Waals surface area (Å²) >= 11 is 6.11. The fourth-order valence-electron chi connectivity index (χ4n) is 4.05. The Morgan fingerprint density at radius 2 is 1.73 bits per heavy atom. The van der Waals surface area contributed by atoms with Crippen LogP contribution in [0, 0.1) is 0 Å². The van der Waals surface area contributed by atoms with Crippen LogP contribution in [0.15, 0.2) is 71.8 Å². The lowest BCUT2D eigenvalue weighted by Crippen LogP contribution is -2.33. The third-order valence-electron chi connectivity index (χ3n) is 5.58. The normalized spacial score (nSPS) is 19.4. The van der Waals surface area contributed by atoms with E-state index in [2.05, 4.69) is 6.07 Å². The Morgan fingerprint density at radius 3 is 2.43 bits per heavy atom. The van der Waals surface area contributed by atoms with Crippen molar-refractivity contribution in [1.29, 1.82) is 0 Å². The first-order chi connectivity index (χ1) is 14.7. The van der Waals surface area contributed by atoms with Crippen molar-refractivity contribution in [3.05, 3.63) is 88.4 Å². The third-order valence-corrected chi connectivity index (χ3v) is 5.83. The highest BCUT2D eigenvalue weighted by Crippen LogP contribution is 2.50. The molecule has 6 heteroatoms. The Labute approximate surface area is 180 Å².